The maximum atomic E-state index is 2.84. The van der Waals surface area contributed by atoms with Crippen molar-refractivity contribution in [1.29, 1.82) is 0 Å². The molecule has 0 aromatic heterocycles. The van der Waals surface area contributed by atoms with Crippen molar-refractivity contribution in [1.82, 2.24) is 0 Å². The van der Waals surface area contributed by atoms with E-state index in [9.17, 15) is 0 Å². The molecule has 0 bridgehead atoms. The number of allylic oxidation sites excluding steroid dienone is 4. The maximum Gasteiger partial charge on any atom is 0.0112 e. The summed E-state index contributed by atoms with van der Waals surface area (Å²) in [6, 6.07) is 0. The smallest absolute Gasteiger partial charge is 0.0112 e. The summed E-state index contributed by atoms with van der Waals surface area (Å²) < 4.78 is 0.978. The summed E-state index contributed by atoms with van der Waals surface area (Å²) in [4.78, 5) is 0. The Balaban J connectivity index is 1.27. The lowest BCUT2D eigenvalue weighted by Gasteiger charge is -2.47. The molecule has 138 valence electrons. The second kappa shape index (κ2) is 7.32. The first-order chi connectivity index (χ1) is 12.3. The van der Waals surface area contributed by atoms with E-state index < -0.39 is 0 Å². The average molecular weight is 450 g/mol. The topological polar surface area (TPSA) is 0 Å². The van der Waals surface area contributed by atoms with Crippen LogP contribution in [0.15, 0.2) is 23.8 Å². The van der Waals surface area contributed by atoms with Gasteiger partial charge in [0.2, 0.25) is 0 Å². The molecule has 0 aromatic rings. The van der Waals surface area contributed by atoms with Crippen LogP contribution in [0.1, 0.15) is 77.0 Å². The van der Waals surface area contributed by atoms with Crippen LogP contribution in [0.5, 0.6) is 0 Å². The Labute approximate surface area is 168 Å². The second-order valence-corrected chi connectivity index (χ2v) is 11.7. The first-order valence-electron chi connectivity index (χ1n) is 11.3. The monoisotopic (exact) mass is 450 g/mol. The Morgan fingerprint density at radius 1 is 0.760 bits per heavy atom. The lowest BCUT2D eigenvalue weighted by molar-refractivity contribution is 0.103. The van der Waals surface area contributed by atoms with E-state index in [1.54, 1.807) is 12.8 Å². The van der Waals surface area contributed by atoms with E-state index in [1.165, 1.54) is 64.2 Å². The molecule has 8 atom stereocenters. The van der Waals surface area contributed by atoms with E-state index in [2.05, 4.69) is 40.8 Å². The van der Waals surface area contributed by atoms with Crippen LogP contribution in [0, 0.1) is 41.4 Å². The fourth-order valence-electron chi connectivity index (χ4n) is 7.44. The molecule has 5 aliphatic carbocycles. The van der Waals surface area contributed by atoms with Gasteiger partial charge in [-0.2, -0.15) is 0 Å². The Morgan fingerprint density at radius 2 is 1.60 bits per heavy atom. The van der Waals surface area contributed by atoms with Crippen molar-refractivity contribution in [3.63, 3.8) is 0 Å². The molecule has 25 heavy (non-hydrogen) atoms. The van der Waals surface area contributed by atoms with Gasteiger partial charge < -0.3 is 0 Å². The summed E-state index contributed by atoms with van der Waals surface area (Å²) in [6.07, 6.45) is 25.9. The highest BCUT2D eigenvalue weighted by atomic mass is 127. The minimum atomic E-state index is 0.907. The third-order valence-corrected chi connectivity index (χ3v) is 9.92. The zero-order chi connectivity index (χ0) is 16.8. The van der Waals surface area contributed by atoms with Crippen molar-refractivity contribution in [3.05, 3.63) is 23.8 Å². The Bertz CT molecular complexity index is 546. The van der Waals surface area contributed by atoms with E-state index in [1.807, 2.05) is 5.57 Å². The molecule has 0 aliphatic heterocycles. The van der Waals surface area contributed by atoms with Crippen molar-refractivity contribution in [3.8, 4) is 0 Å². The molecule has 5 rings (SSSR count). The van der Waals surface area contributed by atoms with Gasteiger partial charge in [-0.25, -0.2) is 0 Å². The molecule has 0 radical (unpaired) electrons. The summed E-state index contributed by atoms with van der Waals surface area (Å²) in [7, 11) is 0. The van der Waals surface area contributed by atoms with Gasteiger partial charge in [-0.05, 0) is 118 Å². The van der Waals surface area contributed by atoms with Gasteiger partial charge in [0.15, 0.2) is 0 Å². The van der Waals surface area contributed by atoms with Crippen LogP contribution in [0.4, 0.5) is 0 Å². The minimum Gasteiger partial charge on any atom is -0.0882 e. The molecule has 0 aromatic carbocycles. The largest absolute Gasteiger partial charge is 0.0882 e. The average Bonchev–Trinajstić information content (AvgIpc) is 2.67. The molecule has 0 amide bonds. The van der Waals surface area contributed by atoms with Crippen molar-refractivity contribution >= 4 is 22.6 Å². The lowest BCUT2D eigenvalue weighted by Crippen LogP contribution is -2.36. The zero-order valence-corrected chi connectivity index (χ0v) is 17.9. The van der Waals surface area contributed by atoms with E-state index in [4.69, 9.17) is 0 Å². The van der Waals surface area contributed by atoms with Gasteiger partial charge in [-0.15, -0.1) is 0 Å². The number of alkyl halides is 1. The number of hydrogen-bond acceptors (Lipinski definition) is 0. The van der Waals surface area contributed by atoms with Crippen molar-refractivity contribution < 1.29 is 0 Å². The van der Waals surface area contributed by atoms with Gasteiger partial charge in [0.05, 0.1) is 0 Å². The van der Waals surface area contributed by atoms with Gasteiger partial charge in [-0.1, -0.05) is 46.4 Å². The summed E-state index contributed by atoms with van der Waals surface area (Å²) >= 11 is 2.71. The third kappa shape index (κ3) is 3.41. The molecule has 5 aliphatic rings. The fourth-order valence-corrected chi connectivity index (χ4v) is 8.45. The first-order valence-corrected chi connectivity index (χ1v) is 12.5. The number of hydrogen-bond donors (Lipinski definition) is 0. The van der Waals surface area contributed by atoms with E-state index in [-0.39, 0.29) is 0 Å². The highest BCUT2D eigenvalue weighted by Crippen LogP contribution is 2.52. The molecular weight excluding hydrogens is 415 g/mol. The van der Waals surface area contributed by atoms with Crippen molar-refractivity contribution in [2.24, 2.45) is 41.4 Å². The highest BCUT2D eigenvalue weighted by molar-refractivity contribution is 14.1. The standard InChI is InChI=1S/C24H35I/c25-22-11-9-18-13-17(6-7-20(18)15-22)19-10-12-24-21(14-19)8-5-16-3-1-2-4-23(16)24/h2,4,14,16-20,22-24H,1,3,5-13,15H2. The number of halogens is 1. The predicted molar refractivity (Wildman–Crippen MR) is 115 cm³/mol. The quantitative estimate of drug-likeness (QED) is 0.223. The van der Waals surface area contributed by atoms with Gasteiger partial charge in [-0.3, -0.25) is 0 Å². The second-order valence-electron chi connectivity index (χ2n) is 9.97. The molecule has 1 heteroatoms. The van der Waals surface area contributed by atoms with E-state index in [0.717, 1.165) is 45.3 Å². The summed E-state index contributed by atoms with van der Waals surface area (Å²) in [5.74, 6) is 6.98. The third-order valence-electron chi connectivity index (χ3n) is 8.79. The Kier molecular flexibility index (Phi) is 5.07. The van der Waals surface area contributed by atoms with Crippen LogP contribution in [-0.2, 0) is 0 Å². The van der Waals surface area contributed by atoms with Gasteiger partial charge in [0.25, 0.3) is 0 Å². The SMILES string of the molecule is IC1CCC2CC(C3C=C4CCC5CCC=CC5C4CC3)CCC2C1. The fraction of sp³-hybridized carbons (Fsp3) is 0.833. The zero-order valence-electron chi connectivity index (χ0n) is 15.7. The number of rotatable bonds is 1. The molecular formula is C24H35I. The van der Waals surface area contributed by atoms with Gasteiger partial charge in [0.1, 0.15) is 0 Å². The summed E-state index contributed by atoms with van der Waals surface area (Å²) in [5, 5.41) is 0. The predicted octanol–water partition coefficient (Wildman–Crippen LogP) is 7.34. The Morgan fingerprint density at radius 3 is 2.56 bits per heavy atom. The van der Waals surface area contributed by atoms with Gasteiger partial charge in [0, 0.05) is 3.92 Å². The number of fused-ring (bicyclic) bond motifs is 4. The highest BCUT2D eigenvalue weighted by Gasteiger charge is 2.41. The van der Waals surface area contributed by atoms with Crippen LogP contribution in [0.25, 0.3) is 0 Å². The maximum absolute atomic E-state index is 2.84. The van der Waals surface area contributed by atoms with E-state index >= 15 is 0 Å². The molecule has 0 saturated heterocycles. The van der Waals surface area contributed by atoms with Crippen LogP contribution in [-0.4, -0.2) is 3.92 Å². The van der Waals surface area contributed by atoms with Crippen molar-refractivity contribution in [2.45, 2.75) is 81.0 Å². The van der Waals surface area contributed by atoms with Crippen molar-refractivity contribution in [2.75, 3.05) is 0 Å². The normalized spacial score (nSPS) is 49.6. The molecule has 3 fully saturated rings. The van der Waals surface area contributed by atoms with Gasteiger partial charge >= 0.3 is 0 Å². The van der Waals surface area contributed by atoms with Crippen LogP contribution in [0.2, 0.25) is 0 Å². The molecule has 8 unspecified atom stereocenters. The minimum absolute atomic E-state index is 0.907. The van der Waals surface area contributed by atoms with Crippen LogP contribution >= 0.6 is 22.6 Å². The van der Waals surface area contributed by atoms with E-state index in [0.29, 0.717) is 0 Å². The molecule has 3 saturated carbocycles. The molecule has 0 nitrogen and oxygen atoms in total. The Hall–Kier alpha value is 0.210. The first kappa shape index (κ1) is 17.3. The lowest BCUT2D eigenvalue weighted by atomic mass is 9.59. The molecule has 0 spiro atoms. The van der Waals surface area contributed by atoms with Crippen LogP contribution < -0.4 is 0 Å². The molecule has 0 N–H and O–H groups in total. The summed E-state index contributed by atoms with van der Waals surface area (Å²) in [6.45, 7) is 0. The summed E-state index contributed by atoms with van der Waals surface area (Å²) in [5.41, 5.74) is 1.89. The molecule has 0 heterocycles. The van der Waals surface area contributed by atoms with Crippen LogP contribution in [0.3, 0.4) is 0 Å².